The Kier molecular flexibility index (Phi) is 3.98. The van der Waals surface area contributed by atoms with Crippen molar-refractivity contribution in [2.45, 2.75) is 39.0 Å². The first-order chi connectivity index (χ1) is 11.3. The summed E-state index contributed by atoms with van der Waals surface area (Å²) in [6.45, 7) is 7.92. The molecule has 1 atom stereocenters. The third-order valence-corrected chi connectivity index (χ3v) is 5.21. The van der Waals surface area contributed by atoms with Gasteiger partial charge in [0.25, 0.3) is 0 Å². The van der Waals surface area contributed by atoms with Gasteiger partial charge in [0.2, 0.25) is 11.7 Å². The van der Waals surface area contributed by atoms with Gasteiger partial charge in [-0.15, -0.1) is 11.3 Å². The van der Waals surface area contributed by atoms with E-state index < -0.39 is 5.92 Å². The van der Waals surface area contributed by atoms with Gasteiger partial charge in [-0.25, -0.2) is 9.97 Å². The molecule has 0 saturated carbocycles. The number of fused-ring (bicyclic) bond motifs is 1. The minimum Gasteiger partial charge on any atom is -0.439 e. The highest BCUT2D eigenvalue weighted by Gasteiger charge is 2.31. The normalized spacial score (nSPS) is 13.0. The molecule has 0 saturated heterocycles. The molecule has 2 heterocycles. The Morgan fingerprint density at radius 3 is 2.58 bits per heavy atom. The van der Waals surface area contributed by atoms with E-state index in [0.717, 1.165) is 5.01 Å². The molecule has 24 heavy (non-hydrogen) atoms. The van der Waals surface area contributed by atoms with Crippen molar-refractivity contribution in [3.05, 3.63) is 45.7 Å². The van der Waals surface area contributed by atoms with Crippen molar-refractivity contribution in [3.63, 3.8) is 0 Å². The Labute approximate surface area is 144 Å². The number of benzene rings is 1. The van der Waals surface area contributed by atoms with Gasteiger partial charge in [0.15, 0.2) is 11.5 Å². The SMILES string of the molecule is Cc1nc(C(C)(C)C)sc1C(=O)[C@@H](C#N)c1nc2ccccc2o1. The van der Waals surface area contributed by atoms with Gasteiger partial charge in [-0.1, -0.05) is 32.9 Å². The molecule has 3 rings (SSSR count). The molecule has 0 N–H and O–H groups in total. The summed E-state index contributed by atoms with van der Waals surface area (Å²) in [5.41, 5.74) is 1.70. The van der Waals surface area contributed by atoms with Crippen molar-refractivity contribution in [2.24, 2.45) is 0 Å². The number of para-hydroxylation sites is 2. The molecule has 122 valence electrons. The maximum absolute atomic E-state index is 12.9. The van der Waals surface area contributed by atoms with Crippen LogP contribution in [-0.4, -0.2) is 15.8 Å². The number of ketones is 1. The predicted octanol–water partition coefficient (Wildman–Crippen LogP) is 4.38. The Morgan fingerprint density at radius 2 is 2.00 bits per heavy atom. The summed E-state index contributed by atoms with van der Waals surface area (Å²) >= 11 is 1.34. The Morgan fingerprint density at radius 1 is 1.29 bits per heavy atom. The third kappa shape index (κ3) is 2.83. The second-order valence-corrected chi connectivity index (χ2v) is 7.63. The van der Waals surface area contributed by atoms with E-state index in [2.05, 4.69) is 9.97 Å². The van der Waals surface area contributed by atoms with Crippen LogP contribution in [0.4, 0.5) is 0 Å². The van der Waals surface area contributed by atoms with Crippen LogP contribution < -0.4 is 0 Å². The van der Waals surface area contributed by atoms with Crippen molar-refractivity contribution in [3.8, 4) is 6.07 Å². The topological polar surface area (TPSA) is 79.8 Å². The average Bonchev–Trinajstić information content (AvgIpc) is 3.10. The number of aryl methyl sites for hydroxylation is 1. The van der Waals surface area contributed by atoms with Crippen LogP contribution in [0.25, 0.3) is 11.1 Å². The van der Waals surface area contributed by atoms with Gasteiger partial charge in [-0.2, -0.15) is 5.26 Å². The summed E-state index contributed by atoms with van der Waals surface area (Å²) in [5.74, 6) is -1.24. The fourth-order valence-corrected chi connectivity index (χ4v) is 3.41. The summed E-state index contributed by atoms with van der Waals surface area (Å²) in [6.07, 6.45) is 0. The first-order valence-corrected chi connectivity index (χ1v) is 8.40. The van der Waals surface area contributed by atoms with Crippen molar-refractivity contribution in [2.75, 3.05) is 0 Å². The second kappa shape index (κ2) is 5.84. The lowest BCUT2D eigenvalue weighted by atomic mass is 9.98. The molecule has 0 fully saturated rings. The van der Waals surface area contributed by atoms with E-state index >= 15 is 0 Å². The number of hydrogen-bond donors (Lipinski definition) is 0. The lowest BCUT2D eigenvalue weighted by molar-refractivity contribution is 0.0973. The van der Waals surface area contributed by atoms with Crippen LogP contribution in [0.2, 0.25) is 0 Å². The summed E-state index contributed by atoms with van der Waals surface area (Å²) in [5, 5.41) is 10.4. The molecule has 0 amide bonds. The van der Waals surface area contributed by atoms with E-state index in [1.165, 1.54) is 11.3 Å². The molecule has 0 spiro atoms. The van der Waals surface area contributed by atoms with Crippen LogP contribution in [0.15, 0.2) is 28.7 Å². The molecular weight excluding hydrogens is 322 g/mol. The summed E-state index contributed by atoms with van der Waals surface area (Å²) in [4.78, 5) is 22.1. The van der Waals surface area contributed by atoms with Crippen LogP contribution in [0.3, 0.4) is 0 Å². The number of carbonyl (C=O) groups is 1. The summed E-state index contributed by atoms with van der Waals surface area (Å²) < 4.78 is 5.61. The molecule has 1 aromatic carbocycles. The number of aromatic nitrogens is 2. The van der Waals surface area contributed by atoms with Gasteiger partial charge in [0.05, 0.1) is 21.6 Å². The number of carbonyl (C=O) groups excluding carboxylic acids is 1. The predicted molar refractivity (Wildman–Crippen MR) is 92.2 cm³/mol. The van der Waals surface area contributed by atoms with E-state index in [0.29, 0.717) is 21.7 Å². The van der Waals surface area contributed by atoms with Gasteiger partial charge in [0, 0.05) is 5.41 Å². The summed E-state index contributed by atoms with van der Waals surface area (Å²) in [7, 11) is 0. The standard InChI is InChI=1S/C18H17N3O2S/c1-10-15(24-17(20-10)18(2,3)4)14(22)11(9-19)16-21-12-7-5-6-8-13(12)23-16/h5-8,11H,1-4H3/t11-/m1/s1. The highest BCUT2D eigenvalue weighted by Crippen LogP contribution is 2.32. The third-order valence-electron chi connectivity index (χ3n) is 3.61. The molecule has 0 aliphatic carbocycles. The average molecular weight is 339 g/mol. The summed E-state index contributed by atoms with van der Waals surface area (Å²) in [6, 6.07) is 9.24. The highest BCUT2D eigenvalue weighted by molar-refractivity contribution is 7.14. The lowest BCUT2D eigenvalue weighted by Gasteiger charge is -2.13. The molecule has 0 unspecified atom stereocenters. The van der Waals surface area contributed by atoms with E-state index in [1.807, 2.05) is 39.0 Å². The number of Topliss-reactive ketones (excluding diaryl/α,β-unsaturated/α-hetero) is 1. The lowest BCUT2D eigenvalue weighted by Crippen LogP contribution is -2.11. The van der Waals surface area contributed by atoms with Crippen LogP contribution in [-0.2, 0) is 5.41 Å². The maximum Gasteiger partial charge on any atom is 0.220 e. The molecule has 6 heteroatoms. The maximum atomic E-state index is 12.9. The molecule has 0 radical (unpaired) electrons. The number of nitrogens with zero attached hydrogens (tertiary/aromatic N) is 3. The number of rotatable bonds is 3. The van der Waals surface area contributed by atoms with Crippen LogP contribution in [0.5, 0.6) is 0 Å². The number of hydrogen-bond acceptors (Lipinski definition) is 6. The number of oxazole rings is 1. The van der Waals surface area contributed by atoms with Crippen LogP contribution in [0.1, 0.15) is 53.0 Å². The van der Waals surface area contributed by atoms with Gasteiger partial charge < -0.3 is 4.42 Å². The van der Waals surface area contributed by atoms with E-state index in [4.69, 9.17) is 4.42 Å². The Bertz CT molecular complexity index is 924. The van der Waals surface area contributed by atoms with Crippen molar-refractivity contribution >= 4 is 28.2 Å². The minimum absolute atomic E-state index is 0.133. The fourth-order valence-electron chi connectivity index (χ4n) is 2.32. The zero-order chi connectivity index (χ0) is 17.5. The van der Waals surface area contributed by atoms with Gasteiger partial charge in [0.1, 0.15) is 5.52 Å². The quantitative estimate of drug-likeness (QED) is 0.662. The van der Waals surface area contributed by atoms with Gasteiger partial charge in [-0.05, 0) is 19.1 Å². The van der Waals surface area contributed by atoms with E-state index in [9.17, 15) is 10.1 Å². The molecule has 0 aliphatic rings. The minimum atomic E-state index is -1.07. The van der Waals surface area contributed by atoms with Crippen molar-refractivity contribution in [1.82, 2.24) is 9.97 Å². The highest BCUT2D eigenvalue weighted by atomic mass is 32.1. The number of nitriles is 1. The first kappa shape index (κ1) is 16.3. The molecule has 3 aromatic rings. The Balaban J connectivity index is 2.01. The zero-order valence-electron chi connectivity index (χ0n) is 14.0. The molecular formula is C18H17N3O2S. The first-order valence-electron chi connectivity index (χ1n) is 7.58. The van der Waals surface area contributed by atoms with Crippen LogP contribution in [0, 0.1) is 18.3 Å². The van der Waals surface area contributed by atoms with Crippen molar-refractivity contribution < 1.29 is 9.21 Å². The molecule has 0 aliphatic heterocycles. The molecule has 2 aromatic heterocycles. The van der Waals surface area contributed by atoms with E-state index in [-0.39, 0.29) is 17.1 Å². The van der Waals surface area contributed by atoms with Gasteiger partial charge in [-0.3, -0.25) is 4.79 Å². The fraction of sp³-hybridized carbons (Fsp3) is 0.333. The smallest absolute Gasteiger partial charge is 0.220 e. The second-order valence-electron chi connectivity index (χ2n) is 6.63. The number of thiazole rings is 1. The largest absolute Gasteiger partial charge is 0.439 e. The Hall–Kier alpha value is -2.52. The van der Waals surface area contributed by atoms with Crippen molar-refractivity contribution in [1.29, 1.82) is 5.26 Å². The van der Waals surface area contributed by atoms with E-state index in [1.54, 1.807) is 19.1 Å². The van der Waals surface area contributed by atoms with Gasteiger partial charge >= 0.3 is 0 Å². The molecule has 5 nitrogen and oxygen atoms in total. The molecule has 0 bridgehead atoms. The monoisotopic (exact) mass is 339 g/mol. The zero-order valence-corrected chi connectivity index (χ0v) is 14.8. The van der Waals surface area contributed by atoms with Crippen LogP contribution >= 0.6 is 11.3 Å².